The fraction of sp³-hybridized carbons (Fsp3) is 0. The van der Waals surface area contributed by atoms with E-state index >= 15 is 0 Å². The van der Waals surface area contributed by atoms with Gasteiger partial charge >= 0.3 is 5.76 Å². The van der Waals surface area contributed by atoms with Crippen LogP contribution in [-0.2, 0) is 0 Å². The number of carbonyl (C=O) groups is 1. The number of furan rings is 1. The molecular weight excluding hydrogens is 366 g/mol. The molecule has 2 N–H and O–H groups in total. The Bertz CT molecular complexity index is 1330. The topological polar surface area (TPSA) is 101 Å². The van der Waals surface area contributed by atoms with Gasteiger partial charge in [-0.15, -0.1) is 11.3 Å². The number of benzene rings is 2. The van der Waals surface area contributed by atoms with Crippen molar-refractivity contribution in [3.8, 4) is 10.8 Å². The first-order chi connectivity index (χ1) is 13.2. The van der Waals surface area contributed by atoms with Crippen molar-refractivity contribution in [1.29, 1.82) is 0 Å². The number of para-hydroxylation sites is 1. The van der Waals surface area contributed by atoms with Crippen molar-refractivity contribution >= 4 is 44.2 Å². The summed E-state index contributed by atoms with van der Waals surface area (Å²) in [4.78, 5) is 30.7. The molecule has 0 atom stereocenters. The van der Waals surface area contributed by atoms with Gasteiger partial charge < -0.3 is 14.2 Å². The monoisotopic (exact) mass is 377 g/mol. The summed E-state index contributed by atoms with van der Waals surface area (Å²) in [5.74, 6) is -0.228. The first kappa shape index (κ1) is 15.6. The van der Waals surface area contributed by atoms with Gasteiger partial charge in [0.2, 0.25) is 0 Å². The summed E-state index contributed by atoms with van der Waals surface area (Å²) in [6.07, 6.45) is 0. The number of hydrogen-bond donors (Lipinski definition) is 2. The highest BCUT2D eigenvalue weighted by Gasteiger charge is 2.15. The van der Waals surface area contributed by atoms with Crippen molar-refractivity contribution in [3.05, 3.63) is 70.9 Å². The number of anilines is 1. The summed E-state index contributed by atoms with van der Waals surface area (Å²) in [6.45, 7) is 0. The Kier molecular flexibility index (Phi) is 3.44. The zero-order valence-electron chi connectivity index (χ0n) is 13.7. The second kappa shape index (κ2) is 5.96. The Morgan fingerprint density at radius 2 is 1.96 bits per heavy atom. The quantitative estimate of drug-likeness (QED) is 0.490. The molecule has 3 aromatic heterocycles. The molecule has 1 amide bonds. The van der Waals surface area contributed by atoms with Gasteiger partial charge in [-0.2, -0.15) is 0 Å². The third kappa shape index (κ3) is 2.81. The number of thiazole rings is 1. The van der Waals surface area contributed by atoms with Crippen LogP contribution in [-0.4, -0.2) is 15.9 Å². The van der Waals surface area contributed by atoms with Crippen LogP contribution in [0.3, 0.4) is 0 Å². The van der Waals surface area contributed by atoms with E-state index in [1.54, 1.807) is 30.3 Å². The smallest absolute Gasteiger partial charge is 0.417 e. The molecule has 0 fully saturated rings. The average Bonchev–Trinajstić information content (AvgIpc) is 3.37. The second-order valence-electron chi connectivity index (χ2n) is 5.83. The maximum Gasteiger partial charge on any atom is 0.417 e. The summed E-state index contributed by atoms with van der Waals surface area (Å²) in [5.41, 5.74) is 2.34. The predicted octanol–water partition coefficient (Wildman–Crippen LogP) is 4.24. The number of carbonyl (C=O) groups excluding carboxylic acids is 1. The molecule has 3 heterocycles. The van der Waals surface area contributed by atoms with Crippen molar-refractivity contribution < 1.29 is 13.6 Å². The van der Waals surface area contributed by atoms with Crippen LogP contribution in [0.1, 0.15) is 10.6 Å². The molecule has 7 nitrogen and oxygen atoms in total. The molecule has 0 aliphatic rings. The third-order valence-electron chi connectivity index (χ3n) is 4.01. The van der Waals surface area contributed by atoms with E-state index in [0.717, 1.165) is 10.2 Å². The zero-order valence-corrected chi connectivity index (χ0v) is 14.5. The Labute approximate surface area is 155 Å². The van der Waals surface area contributed by atoms with Crippen molar-refractivity contribution in [1.82, 2.24) is 9.97 Å². The molecule has 0 aliphatic heterocycles. The molecule has 5 aromatic rings. The SMILES string of the molecule is O=C(Nc1ccc2oc(=O)[nH]c2c1)c1ccc(-c2nc3ccccc3s2)o1. The van der Waals surface area contributed by atoms with Gasteiger partial charge in [-0.25, -0.2) is 9.78 Å². The molecule has 0 aliphatic carbocycles. The van der Waals surface area contributed by atoms with Gasteiger partial charge in [0.05, 0.1) is 15.7 Å². The molecule has 132 valence electrons. The number of oxazole rings is 1. The van der Waals surface area contributed by atoms with E-state index < -0.39 is 11.7 Å². The van der Waals surface area contributed by atoms with E-state index in [9.17, 15) is 9.59 Å². The largest absolute Gasteiger partial charge is 0.448 e. The van der Waals surface area contributed by atoms with E-state index in [-0.39, 0.29) is 5.76 Å². The maximum atomic E-state index is 12.5. The summed E-state index contributed by atoms with van der Waals surface area (Å²) in [7, 11) is 0. The average molecular weight is 377 g/mol. The zero-order chi connectivity index (χ0) is 18.4. The van der Waals surface area contributed by atoms with Crippen LogP contribution in [0.15, 0.2) is 68.2 Å². The van der Waals surface area contributed by atoms with Gasteiger partial charge in [0.1, 0.15) is 0 Å². The van der Waals surface area contributed by atoms with Crippen molar-refractivity contribution in [2.45, 2.75) is 0 Å². The van der Waals surface area contributed by atoms with Crippen molar-refractivity contribution in [3.63, 3.8) is 0 Å². The normalized spacial score (nSPS) is 11.3. The fourth-order valence-corrected chi connectivity index (χ4v) is 3.70. The van der Waals surface area contributed by atoms with Gasteiger partial charge in [0, 0.05) is 5.69 Å². The van der Waals surface area contributed by atoms with Crippen LogP contribution >= 0.6 is 11.3 Å². The molecule has 0 unspecified atom stereocenters. The number of hydrogen-bond acceptors (Lipinski definition) is 6. The maximum absolute atomic E-state index is 12.5. The standard InChI is InChI=1S/C19H11N3O4S/c23-17(20-10-5-6-13-12(9-10)22-19(24)26-13)14-7-8-15(25-14)18-21-11-3-1-2-4-16(11)27-18/h1-9H,(H,20,23)(H,22,24). The number of amides is 1. The molecule has 5 rings (SSSR count). The molecular formula is C19H11N3O4S. The van der Waals surface area contributed by atoms with Crippen LogP contribution < -0.4 is 11.1 Å². The van der Waals surface area contributed by atoms with Gasteiger partial charge in [-0.05, 0) is 42.5 Å². The number of rotatable bonds is 3. The lowest BCUT2D eigenvalue weighted by atomic mass is 10.3. The number of aromatic amines is 1. The highest BCUT2D eigenvalue weighted by atomic mass is 32.1. The minimum atomic E-state index is -0.542. The van der Waals surface area contributed by atoms with Crippen LogP contribution in [0, 0.1) is 0 Å². The van der Waals surface area contributed by atoms with Crippen molar-refractivity contribution in [2.24, 2.45) is 0 Å². The van der Waals surface area contributed by atoms with E-state index in [4.69, 9.17) is 8.83 Å². The first-order valence-electron chi connectivity index (χ1n) is 8.06. The Balaban J connectivity index is 1.40. The molecule has 27 heavy (non-hydrogen) atoms. The van der Waals surface area contributed by atoms with Crippen molar-refractivity contribution in [2.75, 3.05) is 5.32 Å². The highest BCUT2D eigenvalue weighted by molar-refractivity contribution is 7.21. The summed E-state index contributed by atoms with van der Waals surface area (Å²) < 4.78 is 11.7. The highest BCUT2D eigenvalue weighted by Crippen LogP contribution is 2.31. The number of H-pyrrole nitrogens is 1. The van der Waals surface area contributed by atoms with Crippen LogP contribution in [0.5, 0.6) is 0 Å². The Hall–Kier alpha value is -3.65. The Morgan fingerprint density at radius 1 is 1.07 bits per heavy atom. The van der Waals surface area contributed by atoms with Gasteiger partial charge in [-0.3, -0.25) is 9.78 Å². The minimum absolute atomic E-state index is 0.171. The Morgan fingerprint density at radius 3 is 2.85 bits per heavy atom. The van der Waals surface area contributed by atoms with E-state index in [0.29, 0.717) is 27.6 Å². The molecule has 0 saturated heterocycles. The molecule has 8 heteroatoms. The van der Waals surface area contributed by atoms with Gasteiger partial charge in [-0.1, -0.05) is 12.1 Å². The van der Waals surface area contributed by atoms with Gasteiger partial charge in [0.25, 0.3) is 5.91 Å². The number of fused-ring (bicyclic) bond motifs is 2. The predicted molar refractivity (Wildman–Crippen MR) is 102 cm³/mol. The summed E-state index contributed by atoms with van der Waals surface area (Å²) in [5, 5.41) is 3.45. The lowest BCUT2D eigenvalue weighted by Crippen LogP contribution is -2.10. The first-order valence-corrected chi connectivity index (χ1v) is 8.87. The lowest BCUT2D eigenvalue weighted by molar-refractivity contribution is 0.0997. The van der Waals surface area contributed by atoms with Crippen LogP contribution in [0.25, 0.3) is 32.1 Å². The van der Waals surface area contributed by atoms with Crippen LogP contribution in [0.2, 0.25) is 0 Å². The van der Waals surface area contributed by atoms with E-state index in [1.165, 1.54) is 11.3 Å². The van der Waals surface area contributed by atoms with E-state index in [2.05, 4.69) is 15.3 Å². The third-order valence-corrected chi connectivity index (χ3v) is 5.06. The summed E-state index contributed by atoms with van der Waals surface area (Å²) in [6, 6.07) is 16.0. The molecule has 0 saturated carbocycles. The number of nitrogens with zero attached hydrogens (tertiary/aromatic N) is 1. The van der Waals surface area contributed by atoms with Gasteiger partial charge in [0.15, 0.2) is 22.1 Å². The van der Waals surface area contributed by atoms with Crippen LogP contribution in [0.4, 0.5) is 5.69 Å². The number of aromatic nitrogens is 2. The molecule has 0 bridgehead atoms. The molecule has 0 spiro atoms. The molecule has 2 aromatic carbocycles. The lowest BCUT2D eigenvalue weighted by Gasteiger charge is -2.02. The van der Waals surface area contributed by atoms with E-state index in [1.807, 2.05) is 24.3 Å². The second-order valence-corrected chi connectivity index (χ2v) is 6.86. The summed E-state index contributed by atoms with van der Waals surface area (Å²) >= 11 is 1.50. The number of nitrogens with one attached hydrogen (secondary N) is 2. The fourth-order valence-electron chi connectivity index (χ4n) is 2.77. The minimum Gasteiger partial charge on any atom is -0.448 e. The molecule has 0 radical (unpaired) electrons.